The van der Waals surface area contributed by atoms with E-state index < -0.39 is 0 Å². The average molecular weight is 187 g/mol. The van der Waals surface area contributed by atoms with Crippen molar-refractivity contribution in [3.63, 3.8) is 0 Å². The molecule has 4 heteroatoms. The van der Waals surface area contributed by atoms with Crippen LogP contribution in [0.2, 0.25) is 0 Å². The van der Waals surface area contributed by atoms with E-state index in [0.717, 1.165) is 16.6 Å². The van der Waals surface area contributed by atoms with Crippen LogP contribution in [0.15, 0.2) is 36.7 Å². The van der Waals surface area contributed by atoms with Gasteiger partial charge in [-0.25, -0.2) is 4.73 Å². The van der Waals surface area contributed by atoms with Gasteiger partial charge in [-0.1, -0.05) is 30.3 Å². The molecule has 1 heterocycles. The molecule has 2 rings (SSSR count). The van der Waals surface area contributed by atoms with E-state index >= 15 is 0 Å². The second kappa shape index (κ2) is 3.41. The highest BCUT2D eigenvalue weighted by Gasteiger charge is 2.09. The third-order valence-electron chi connectivity index (χ3n) is 2.03. The summed E-state index contributed by atoms with van der Waals surface area (Å²) in [7, 11) is 0. The summed E-state index contributed by atoms with van der Waals surface area (Å²) < 4.78 is 0.718. The Morgan fingerprint density at radius 2 is 1.93 bits per heavy atom. The van der Waals surface area contributed by atoms with Gasteiger partial charge in [-0.2, -0.15) is 0 Å². The van der Waals surface area contributed by atoms with E-state index in [1.165, 1.54) is 0 Å². The Morgan fingerprint density at radius 3 is 2.64 bits per heavy atom. The zero-order valence-corrected chi connectivity index (χ0v) is 7.71. The molecule has 2 aromatic rings. The molecular weight excluding hydrogens is 178 g/mol. The van der Waals surface area contributed by atoms with E-state index in [-0.39, 0.29) is 0 Å². The molecule has 0 aliphatic heterocycles. The Morgan fingerprint density at radius 1 is 1.21 bits per heavy atom. The van der Waals surface area contributed by atoms with Crippen molar-refractivity contribution in [3.05, 3.63) is 47.6 Å². The van der Waals surface area contributed by atoms with Crippen molar-refractivity contribution in [1.29, 1.82) is 0 Å². The van der Waals surface area contributed by atoms with Gasteiger partial charge in [0.15, 0.2) is 5.69 Å². The van der Waals surface area contributed by atoms with Gasteiger partial charge in [0.25, 0.3) is 0 Å². The summed E-state index contributed by atoms with van der Waals surface area (Å²) in [6.07, 6.45) is 1.15. The van der Waals surface area contributed by atoms with E-state index in [2.05, 4.69) is 10.2 Å². The van der Waals surface area contributed by atoms with Gasteiger partial charge in [0, 0.05) is 12.5 Å². The Balaban J connectivity index is 2.58. The summed E-state index contributed by atoms with van der Waals surface area (Å²) >= 11 is 0. The summed E-state index contributed by atoms with van der Waals surface area (Å²) in [4.78, 5) is 0. The van der Waals surface area contributed by atoms with E-state index in [1.807, 2.05) is 30.3 Å². The monoisotopic (exact) mass is 187 g/mol. The zero-order chi connectivity index (χ0) is 9.97. The van der Waals surface area contributed by atoms with Crippen molar-refractivity contribution >= 4 is 0 Å². The lowest BCUT2D eigenvalue weighted by atomic mass is 10.1. The number of nitrogens with zero attached hydrogens (tertiary/aromatic N) is 3. The smallest absolute Gasteiger partial charge is 0.317 e. The van der Waals surface area contributed by atoms with Crippen molar-refractivity contribution in [2.45, 2.75) is 6.92 Å². The number of hydrogen-bond acceptors (Lipinski definition) is 3. The molecule has 0 saturated carbocycles. The van der Waals surface area contributed by atoms with Crippen LogP contribution >= 0.6 is 0 Å². The maximum Gasteiger partial charge on any atom is 0.317 e. The SMILES string of the molecule is Cc1c(-c2ccccc2)nnc[n+]1[O-]. The van der Waals surface area contributed by atoms with Gasteiger partial charge in [-0.15, -0.1) is 0 Å². The molecule has 14 heavy (non-hydrogen) atoms. The van der Waals surface area contributed by atoms with E-state index in [9.17, 15) is 5.21 Å². The van der Waals surface area contributed by atoms with Gasteiger partial charge in [0.05, 0.1) is 5.10 Å². The largest absolute Gasteiger partial charge is 0.711 e. The average Bonchev–Trinajstić information content (AvgIpc) is 2.23. The van der Waals surface area contributed by atoms with Crippen LogP contribution in [0, 0.1) is 12.1 Å². The van der Waals surface area contributed by atoms with Crippen LogP contribution in [-0.2, 0) is 0 Å². The normalized spacial score (nSPS) is 10.1. The van der Waals surface area contributed by atoms with E-state index in [4.69, 9.17) is 0 Å². The molecule has 0 aliphatic rings. The molecule has 0 unspecified atom stereocenters. The van der Waals surface area contributed by atoms with Crippen LogP contribution in [0.4, 0.5) is 0 Å². The maximum atomic E-state index is 11.2. The quantitative estimate of drug-likeness (QED) is 0.496. The summed E-state index contributed by atoms with van der Waals surface area (Å²) in [5.41, 5.74) is 2.09. The molecule has 0 fully saturated rings. The molecule has 0 spiro atoms. The topological polar surface area (TPSA) is 52.7 Å². The standard InChI is InChI=1S/C10H9N3O/c1-8-10(12-11-7-13(8)14)9-5-3-2-4-6-9/h2-7H,1H3. The van der Waals surface area contributed by atoms with Crippen molar-refractivity contribution in [2.75, 3.05) is 0 Å². The Labute approximate surface area is 81.4 Å². The highest BCUT2D eigenvalue weighted by atomic mass is 16.5. The predicted octanol–water partition coefficient (Wildman–Crippen LogP) is 1.09. The second-order valence-corrected chi connectivity index (χ2v) is 2.96. The summed E-state index contributed by atoms with van der Waals surface area (Å²) in [5.74, 6) is 0. The lowest BCUT2D eigenvalue weighted by molar-refractivity contribution is -0.615. The van der Waals surface area contributed by atoms with E-state index in [0.29, 0.717) is 11.4 Å². The van der Waals surface area contributed by atoms with Crippen LogP contribution < -0.4 is 4.73 Å². The Hall–Kier alpha value is -1.97. The van der Waals surface area contributed by atoms with Crippen molar-refractivity contribution < 1.29 is 4.73 Å². The summed E-state index contributed by atoms with van der Waals surface area (Å²) in [6, 6.07) is 9.52. The first kappa shape index (κ1) is 8.62. The van der Waals surface area contributed by atoms with Crippen LogP contribution in [0.3, 0.4) is 0 Å². The first-order chi connectivity index (χ1) is 6.79. The van der Waals surface area contributed by atoms with Crippen LogP contribution in [0.1, 0.15) is 5.69 Å². The minimum Gasteiger partial charge on any atom is -0.711 e. The van der Waals surface area contributed by atoms with Gasteiger partial charge in [0.1, 0.15) is 5.69 Å². The summed E-state index contributed by atoms with van der Waals surface area (Å²) in [6.45, 7) is 1.73. The van der Waals surface area contributed by atoms with Crippen molar-refractivity contribution in [1.82, 2.24) is 10.2 Å². The van der Waals surface area contributed by atoms with Gasteiger partial charge in [0.2, 0.25) is 0 Å². The molecule has 0 N–H and O–H groups in total. The van der Waals surface area contributed by atoms with Crippen molar-refractivity contribution in [3.8, 4) is 11.3 Å². The number of hydrogen-bond donors (Lipinski definition) is 0. The van der Waals surface area contributed by atoms with Crippen LogP contribution in [-0.4, -0.2) is 10.2 Å². The molecule has 0 saturated heterocycles. The highest BCUT2D eigenvalue weighted by Crippen LogP contribution is 2.16. The lowest BCUT2D eigenvalue weighted by Gasteiger charge is -2.06. The van der Waals surface area contributed by atoms with Crippen molar-refractivity contribution in [2.24, 2.45) is 0 Å². The molecule has 0 aliphatic carbocycles. The first-order valence-electron chi connectivity index (χ1n) is 4.26. The van der Waals surface area contributed by atoms with Crippen LogP contribution in [0.5, 0.6) is 0 Å². The van der Waals surface area contributed by atoms with Gasteiger partial charge >= 0.3 is 6.33 Å². The minimum absolute atomic E-state index is 0.561. The molecule has 0 amide bonds. The molecule has 0 atom stereocenters. The maximum absolute atomic E-state index is 11.2. The van der Waals surface area contributed by atoms with Gasteiger partial charge < -0.3 is 5.21 Å². The molecular formula is C10H9N3O. The van der Waals surface area contributed by atoms with E-state index in [1.54, 1.807) is 6.92 Å². The third-order valence-corrected chi connectivity index (χ3v) is 2.03. The first-order valence-corrected chi connectivity index (χ1v) is 4.26. The molecule has 0 bridgehead atoms. The summed E-state index contributed by atoms with van der Waals surface area (Å²) in [5, 5.41) is 18.8. The Bertz CT molecular complexity index is 442. The second-order valence-electron chi connectivity index (χ2n) is 2.96. The molecule has 0 radical (unpaired) electrons. The lowest BCUT2D eigenvalue weighted by Crippen LogP contribution is -2.31. The molecule has 4 nitrogen and oxygen atoms in total. The zero-order valence-electron chi connectivity index (χ0n) is 7.71. The molecule has 1 aromatic carbocycles. The highest BCUT2D eigenvalue weighted by molar-refractivity contribution is 5.59. The fourth-order valence-corrected chi connectivity index (χ4v) is 1.26. The number of aromatic nitrogens is 3. The third kappa shape index (κ3) is 1.42. The molecule has 1 aromatic heterocycles. The molecule has 70 valence electrons. The number of benzene rings is 1. The predicted molar refractivity (Wildman–Crippen MR) is 51.2 cm³/mol. The van der Waals surface area contributed by atoms with Crippen LogP contribution in [0.25, 0.3) is 11.3 Å². The van der Waals surface area contributed by atoms with Gasteiger partial charge in [-0.05, 0) is 5.10 Å². The fourth-order valence-electron chi connectivity index (χ4n) is 1.26. The Kier molecular flexibility index (Phi) is 2.10. The minimum atomic E-state index is 0.561. The fraction of sp³-hybridized carbons (Fsp3) is 0.100. The number of rotatable bonds is 1. The van der Waals surface area contributed by atoms with Gasteiger partial charge in [-0.3, -0.25) is 0 Å².